The highest BCUT2D eigenvalue weighted by molar-refractivity contribution is 9.10. The van der Waals surface area contributed by atoms with Gasteiger partial charge in [0.1, 0.15) is 5.75 Å². The molecule has 21 heavy (non-hydrogen) atoms. The van der Waals surface area contributed by atoms with E-state index in [0.717, 1.165) is 28.2 Å². The minimum absolute atomic E-state index is 0.692. The van der Waals surface area contributed by atoms with E-state index in [0.29, 0.717) is 6.61 Å². The lowest BCUT2D eigenvalue weighted by atomic mass is 10.2. The van der Waals surface area contributed by atoms with Crippen molar-refractivity contribution in [3.05, 3.63) is 64.2 Å². The van der Waals surface area contributed by atoms with Gasteiger partial charge in [-0.1, -0.05) is 27.5 Å². The number of benzene rings is 2. The second-order valence-corrected chi connectivity index (χ2v) is 6.22. The first-order chi connectivity index (χ1) is 10.2. The first-order valence-electron chi connectivity index (χ1n) is 6.85. The first-order valence-corrected chi connectivity index (χ1v) is 8.02. The Morgan fingerprint density at radius 1 is 1.05 bits per heavy atom. The van der Waals surface area contributed by atoms with E-state index in [1.54, 1.807) is 0 Å². The van der Waals surface area contributed by atoms with Crippen LogP contribution in [0.15, 0.2) is 59.2 Å². The summed E-state index contributed by atoms with van der Waals surface area (Å²) in [7, 11) is 0. The van der Waals surface area contributed by atoms with E-state index < -0.39 is 0 Å². The number of halogens is 2. The summed E-state index contributed by atoms with van der Waals surface area (Å²) in [6.45, 7) is 1.64. The zero-order valence-electron chi connectivity index (χ0n) is 11.4. The number of hydrogen-bond acceptors (Lipinski definition) is 1. The molecular weight excluding hydrogens is 350 g/mol. The summed E-state index contributed by atoms with van der Waals surface area (Å²) in [4.78, 5) is 0. The minimum atomic E-state index is 0.692. The summed E-state index contributed by atoms with van der Waals surface area (Å²) in [6.07, 6.45) is 3.09. The maximum Gasteiger partial charge on any atom is 0.119 e. The van der Waals surface area contributed by atoms with Crippen molar-refractivity contribution in [3.63, 3.8) is 0 Å². The molecule has 108 valence electrons. The zero-order chi connectivity index (χ0) is 14.7. The van der Waals surface area contributed by atoms with Gasteiger partial charge in [0.2, 0.25) is 0 Å². The molecule has 0 saturated carbocycles. The molecule has 3 aromatic rings. The molecule has 0 aliphatic heterocycles. The SMILES string of the molecule is Clc1ccc(OCCCn2ccc3cc(Br)ccc32)cc1. The molecule has 0 aliphatic carbocycles. The largest absolute Gasteiger partial charge is 0.494 e. The summed E-state index contributed by atoms with van der Waals surface area (Å²) in [5, 5.41) is 1.98. The lowest BCUT2D eigenvalue weighted by molar-refractivity contribution is 0.302. The Morgan fingerprint density at radius 3 is 2.67 bits per heavy atom. The molecule has 0 amide bonds. The smallest absolute Gasteiger partial charge is 0.119 e. The molecule has 0 radical (unpaired) electrons. The van der Waals surface area contributed by atoms with Crippen molar-refractivity contribution in [2.45, 2.75) is 13.0 Å². The maximum absolute atomic E-state index is 5.84. The van der Waals surface area contributed by atoms with E-state index in [2.05, 4.69) is 51.0 Å². The molecule has 0 atom stereocenters. The van der Waals surface area contributed by atoms with Crippen LogP contribution >= 0.6 is 27.5 Å². The molecule has 0 unspecified atom stereocenters. The molecule has 3 rings (SSSR count). The standard InChI is InChI=1S/C17H15BrClNO/c18-14-2-7-17-13(12-14)8-10-20(17)9-1-11-21-16-5-3-15(19)4-6-16/h2-8,10,12H,1,9,11H2. The van der Waals surface area contributed by atoms with Crippen LogP contribution in [0, 0.1) is 0 Å². The van der Waals surface area contributed by atoms with Crippen molar-refractivity contribution in [2.75, 3.05) is 6.61 Å². The van der Waals surface area contributed by atoms with Gasteiger partial charge in [-0.2, -0.15) is 0 Å². The van der Waals surface area contributed by atoms with Crippen molar-refractivity contribution in [1.82, 2.24) is 4.57 Å². The number of ether oxygens (including phenoxy) is 1. The number of rotatable bonds is 5. The lowest BCUT2D eigenvalue weighted by Crippen LogP contribution is -2.03. The monoisotopic (exact) mass is 363 g/mol. The van der Waals surface area contributed by atoms with Crippen LogP contribution in [0.4, 0.5) is 0 Å². The van der Waals surface area contributed by atoms with Crippen LogP contribution in [-0.4, -0.2) is 11.2 Å². The number of fused-ring (bicyclic) bond motifs is 1. The predicted molar refractivity (Wildman–Crippen MR) is 91.2 cm³/mol. The molecule has 0 aliphatic rings. The van der Waals surface area contributed by atoms with Crippen LogP contribution in [0.2, 0.25) is 5.02 Å². The van der Waals surface area contributed by atoms with Crippen LogP contribution in [0.5, 0.6) is 5.75 Å². The fraction of sp³-hybridized carbons (Fsp3) is 0.176. The fourth-order valence-electron chi connectivity index (χ4n) is 2.32. The summed E-state index contributed by atoms with van der Waals surface area (Å²) in [5.41, 5.74) is 1.25. The highest BCUT2D eigenvalue weighted by Crippen LogP contribution is 2.21. The average Bonchev–Trinajstić information content (AvgIpc) is 2.87. The van der Waals surface area contributed by atoms with Gasteiger partial charge in [-0.3, -0.25) is 0 Å². The van der Waals surface area contributed by atoms with E-state index in [1.807, 2.05) is 24.3 Å². The molecule has 4 heteroatoms. The molecule has 2 aromatic carbocycles. The molecule has 0 bridgehead atoms. The Morgan fingerprint density at radius 2 is 1.86 bits per heavy atom. The summed E-state index contributed by atoms with van der Waals surface area (Å²) >= 11 is 9.34. The number of nitrogens with zero attached hydrogens (tertiary/aromatic N) is 1. The maximum atomic E-state index is 5.84. The van der Waals surface area contributed by atoms with Crippen LogP contribution in [0.1, 0.15) is 6.42 Å². The Hall–Kier alpha value is -1.45. The lowest BCUT2D eigenvalue weighted by Gasteiger charge is -2.08. The van der Waals surface area contributed by atoms with Crippen molar-refractivity contribution >= 4 is 38.4 Å². The van der Waals surface area contributed by atoms with Gasteiger partial charge in [-0.05, 0) is 55.0 Å². The van der Waals surface area contributed by atoms with Crippen LogP contribution in [0.3, 0.4) is 0 Å². The summed E-state index contributed by atoms with van der Waals surface area (Å²) < 4.78 is 9.08. The molecule has 1 heterocycles. The van der Waals surface area contributed by atoms with Gasteiger partial charge in [0, 0.05) is 33.1 Å². The van der Waals surface area contributed by atoms with Gasteiger partial charge in [-0.15, -0.1) is 0 Å². The molecule has 0 saturated heterocycles. The molecule has 0 N–H and O–H groups in total. The summed E-state index contributed by atoms with van der Waals surface area (Å²) in [6, 6.07) is 16.0. The second-order valence-electron chi connectivity index (χ2n) is 4.87. The van der Waals surface area contributed by atoms with Crippen molar-refractivity contribution < 1.29 is 4.74 Å². The fourth-order valence-corrected chi connectivity index (χ4v) is 2.83. The third-order valence-electron chi connectivity index (χ3n) is 3.36. The zero-order valence-corrected chi connectivity index (χ0v) is 13.8. The minimum Gasteiger partial charge on any atom is -0.494 e. The summed E-state index contributed by atoms with van der Waals surface area (Å²) in [5.74, 6) is 0.862. The van der Waals surface area contributed by atoms with E-state index in [9.17, 15) is 0 Å². The highest BCUT2D eigenvalue weighted by Gasteiger charge is 2.01. The van der Waals surface area contributed by atoms with Gasteiger partial charge in [-0.25, -0.2) is 0 Å². The van der Waals surface area contributed by atoms with Gasteiger partial charge in [0.05, 0.1) is 6.61 Å². The third kappa shape index (κ3) is 3.60. The van der Waals surface area contributed by atoms with Crippen LogP contribution in [0.25, 0.3) is 10.9 Å². The van der Waals surface area contributed by atoms with E-state index in [1.165, 1.54) is 10.9 Å². The van der Waals surface area contributed by atoms with Crippen LogP contribution < -0.4 is 4.74 Å². The normalized spacial score (nSPS) is 11.0. The van der Waals surface area contributed by atoms with Crippen LogP contribution in [-0.2, 0) is 6.54 Å². The Labute approximate surface area is 137 Å². The Kier molecular flexibility index (Phi) is 4.51. The van der Waals surface area contributed by atoms with E-state index in [4.69, 9.17) is 16.3 Å². The topological polar surface area (TPSA) is 14.2 Å². The van der Waals surface area contributed by atoms with Gasteiger partial charge >= 0.3 is 0 Å². The molecule has 0 spiro atoms. The average molecular weight is 365 g/mol. The van der Waals surface area contributed by atoms with E-state index >= 15 is 0 Å². The predicted octanol–water partition coefficient (Wildman–Crippen LogP) is 5.53. The van der Waals surface area contributed by atoms with Crippen molar-refractivity contribution in [3.8, 4) is 5.75 Å². The molecule has 2 nitrogen and oxygen atoms in total. The van der Waals surface area contributed by atoms with Crippen molar-refractivity contribution in [1.29, 1.82) is 0 Å². The van der Waals surface area contributed by atoms with Gasteiger partial charge < -0.3 is 9.30 Å². The molecule has 0 fully saturated rings. The highest BCUT2D eigenvalue weighted by atomic mass is 79.9. The first kappa shape index (κ1) is 14.5. The number of hydrogen-bond donors (Lipinski definition) is 0. The molecular formula is C17H15BrClNO. The third-order valence-corrected chi connectivity index (χ3v) is 4.10. The van der Waals surface area contributed by atoms with Crippen molar-refractivity contribution in [2.24, 2.45) is 0 Å². The second kappa shape index (κ2) is 6.54. The Bertz CT molecular complexity index is 736. The van der Waals surface area contributed by atoms with E-state index in [-0.39, 0.29) is 0 Å². The Balaban J connectivity index is 1.56. The molecule has 1 aromatic heterocycles. The quantitative estimate of drug-likeness (QED) is 0.543. The van der Waals surface area contributed by atoms with Gasteiger partial charge in [0.25, 0.3) is 0 Å². The number of aryl methyl sites for hydroxylation is 1. The van der Waals surface area contributed by atoms with Gasteiger partial charge in [0.15, 0.2) is 0 Å². The number of aromatic nitrogens is 1.